The molecule has 8 heteroatoms. The maximum absolute atomic E-state index is 11.9. The molecule has 0 aliphatic rings. The number of amides is 1. The highest BCUT2D eigenvalue weighted by molar-refractivity contribution is 9.10. The molecule has 0 radical (unpaired) electrons. The highest BCUT2D eigenvalue weighted by Gasteiger charge is 2.08. The molecule has 0 saturated carbocycles. The Balaban J connectivity index is 1.55. The summed E-state index contributed by atoms with van der Waals surface area (Å²) < 4.78 is 6.32. The third-order valence-electron chi connectivity index (χ3n) is 3.69. The lowest BCUT2D eigenvalue weighted by Crippen LogP contribution is -2.24. The van der Waals surface area contributed by atoms with E-state index in [-0.39, 0.29) is 12.3 Å². The Hall–Kier alpha value is -3.26. The molecule has 0 heterocycles. The molecule has 0 bridgehead atoms. The van der Waals surface area contributed by atoms with Crippen molar-refractivity contribution in [3.05, 3.63) is 80.8 Å². The van der Waals surface area contributed by atoms with Crippen LogP contribution in [0.15, 0.2) is 70.2 Å². The van der Waals surface area contributed by atoms with Gasteiger partial charge in [0, 0.05) is 12.1 Å². The average molecular weight is 428 g/mol. The Morgan fingerprint density at radius 3 is 2.63 bits per heavy atom. The van der Waals surface area contributed by atoms with E-state index in [0.29, 0.717) is 11.3 Å². The van der Waals surface area contributed by atoms with Crippen molar-refractivity contribution in [3.8, 4) is 5.75 Å². The van der Waals surface area contributed by atoms with Crippen LogP contribution < -0.4 is 10.2 Å². The summed E-state index contributed by atoms with van der Waals surface area (Å²) in [6.07, 6.45) is 1.40. The Morgan fingerprint density at radius 1 is 1.15 bits per heavy atom. The first kappa shape index (κ1) is 18.5. The Bertz CT molecular complexity index is 1020. The van der Waals surface area contributed by atoms with Crippen LogP contribution >= 0.6 is 15.9 Å². The van der Waals surface area contributed by atoms with Gasteiger partial charge in [-0.05, 0) is 50.5 Å². The first-order valence-corrected chi connectivity index (χ1v) is 8.70. The van der Waals surface area contributed by atoms with Crippen LogP contribution in [0.2, 0.25) is 0 Å². The van der Waals surface area contributed by atoms with E-state index < -0.39 is 10.8 Å². The standard InChI is InChI=1S/C19H14BrN3O4/c20-19-16-4-2-1-3-14(16)7-10-17(19)27-12-18(24)22-21-11-13-5-8-15(9-6-13)23(25)26/h1-11H,12H2,(H,22,24)/b21-11+. The van der Waals surface area contributed by atoms with Crippen molar-refractivity contribution in [2.24, 2.45) is 5.10 Å². The monoisotopic (exact) mass is 427 g/mol. The number of ether oxygens (including phenoxy) is 1. The van der Waals surface area contributed by atoms with Crippen LogP contribution in [0.25, 0.3) is 10.8 Å². The number of hydrogen-bond acceptors (Lipinski definition) is 5. The molecular formula is C19H14BrN3O4. The van der Waals surface area contributed by atoms with Gasteiger partial charge in [0.2, 0.25) is 0 Å². The Kier molecular flexibility index (Phi) is 5.77. The van der Waals surface area contributed by atoms with Gasteiger partial charge in [0.05, 0.1) is 15.6 Å². The predicted molar refractivity (Wildman–Crippen MR) is 106 cm³/mol. The summed E-state index contributed by atoms with van der Waals surface area (Å²) >= 11 is 3.50. The van der Waals surface area contributed by atoms with Crippen LogP contribution in [-0.4, -0.2) is 23.7 Å². The van der Waals surface area contributed by atoms with Crippen molar-refractivity contribution in [1.29, 1.82) is 0 Å². The first-order valence-electron chi connectivity index (χ1n) is 7.91. The van der Waals surface area contributed by atoms with Crippen molar-refractivity contribution < 1.29 is 14.5 Å². The van der Waals surface area contributed by atoms with E-state index >= 15 is 0 Å². The van der Waals surface area contributed by atoms with Gasteiger partial charge in [0.1, 0.15) is 5.75 Å². The normalized spacial score (nSPS) is 10.9. The fourth-order valence-electron chi connectivity index (χ4n) is 2.36. The molecule has 0 saturated heterocycles. The average Bonchev–Trinajstić information content (AvgIpc) is 2.68. The molecule has 3 rings (SSSR count). The number of carbonyl (C=O) groups excluding carboxylic acids is 1. The third kappa shape index (κ3) is 4.68. The zero-order valence-electron chi connectivity index (χ0n) is 14.0. The molecule has 0 aliphatic carbocycles. The molecule has 0 spiro atoms. The van der Waals surface area contributed by atoms with Crippen LogP contribution in [0.4, 0.5) is 5.69 Å². The molecule has 0 unspecified atom stereocenters. The van der Waals surface area contributed by atoms with Crippen molar-refractivity contribution in [2.75, 3.05) is 6.61 Å². The van der Waals surface area contributed by atoms with Crippen molar-refractivity contribution >= 4 is 44.5 Å². The number of hydrogen-bond donors (Lipinski definition) is 1. The maximum Gasteiger partial charge on any atom is 0.277 e. The van der Waals surface area contributed by atoms with Crippen molar-refractivity contribution in [2.45, 2.75) is 0 Å². The molecule has 27 heavy (non-hydrogen) atoms. The van der Waals surface area contributed by atoms with Gasteiger partial charge in [-0.2, -0.15) is 5.10 Å². The van der Waals surface area contributed by atoms with Gasteiger partial charge in [0.25, 0.3) is 11.6 Å². The van der Waals surface area contributed by atoms with Crippen LogP contribution in [0.1, 0.15) is 5.56 Å². The van der Waals surface area contributed by atoms with Crippen LogP contribution in [-0.2, 0) is 4.79 Å². The molecule has 3 aromatic carbocycles. The van der Waals surface area contributed by atoms with Gasteiger partial charge in [-0.25, -0.2) is 5.43 Å². The molecule has 1 N–H and O–H groups in total. The van der Waals surface area contributed by atoms with Crippen LogP contribution in [0.5, 0.6) is 5.75 Å². The topological polar surface area (TPSA) is 93.8 Å². The zero-order chi connectivity index (χ0) is 19.2. The van der Waals surface area contributed by atoms with E-state index in [1.165, 1.54) is 30.5 Å². The van der Waals surface area contributed by atoms with Crippen molar-refractivity contribution in [3.63, 3.8) is 0 Å². The molecular weight excluding hydrogens is 414 g/mol. The number of nitro benzene ring substituents is 1. The van der Waals surface area contributed by atoms with Crippen LogP contribution in [0, 0.1) is 10.1 Å². The third-order valence-corrected chi connectivity index (χ3v) is 4.51. The number of carbonyl (C=O) groups is 1. The van der Waals surface area contributed by atoms with Gasteiger partial charge in [-0.1, -0.05) is 30.3 Å². The summed E-state index contributed by atoms with van der Waals surface area (Å²) in [6.45, 7) is -0.200. The van der Waals surface area contributed by atoms with Crippen molar-refractivity contribution in [1.82, 2.24) is 5.43 Å². The minimum absolute atomic E-state index is 0.00875. The van der Waals surface area contributed by atoms with E-state index in [1.54, 1.807) is 6.07 Å². The predicted octanol–water partition coefficient (Wildman–Crippen LogP) is 4.04. The van der Waals surface area contributed by atoms with E-state index in [9.17, 15) is 14.9 Å². The molecule has 0 fully saturated rings. The minimum atomic E-state index is -0.481. The summed E-state index contributed by atoms with van der Waals surface area (Å²) in [5.74, 6) is 0.136. The smallest absolute Gasteiger partial charge is 0.277 e. The van der Waals surface area contributed by atoms with E-state index in [4.69, 9.17) is 4.74 Å². The molecule has 7 nitrogen and oxygen atoms in total. The van der Waals surface area contributed by atoms with Gasteiger partial charge in [-0.3, -0.25) is 14.9 Å². The molecule has 0 aliphatic heterocycles. The van der Waals surface area contributed by atoms with E-state index in [1.807, 2.05) is 30.3 Å². The van der Waals surface area contributed by atoms with E-state index in [0.717, 1.165) is 15.2 Å². The lowest BCUT2D eigenvalue weighted by molar-refractivity contribution is -0.384. The highest BCUT2D eigenvalue weighted by atomic mass is 79.9. The minimum Gasteiger partial charge on any atom is -0.483 e. The second-order valence-electron chi connectivity index (χ2n) is 5.53. The largest absolute Gasteiger partial charge is 0.483 e. The molecule has 0 atom stereocenters. The number of hydrazone groups is 1. The summed E-state index contributed by atoms with van der Waals surface area (Å²) in [4.78, 5) is 22.0. The lowest BCUT2D eigenvalue weighted by atomic mass is 10.1. The summed E-state index contributed by atoms with van der Waals surface area (Å²) in [7, 11) is 0. The number of nitrogens with one attached hydrogen (secondary N) is 1. The first-order chi connectivity index (χ1) is 13.0. The number of nitro groups is 1. The molecule has 0 aromatic heterocycles. The Morgan fingerprint density at radius 2 is 1.89 bits per heavy atom. The molecule has 1 amide bonds. The number of rotatable bonds is 6. The van der Waals surface area contributed by atoms with Crippen LogP contribution in [0.3, 0.4) is 0 Å². The number of halogens is 1. The molecule has 136 valence electrons. The quantitative estimate of drug-likeness (QED) is 0.364. The fraction of sp³-hybridized carbons (Fsp3) is 0.0526. The van der Waals surface area contributed by atoms with Gasteiger partial charge < -0.3 is 4.74 Å². The van der Waals surface area contributed by atoms with Gasteiger partial charge >= 0.3 is 0 Å². The van der Waals surface area contributed by atoms with Gasteiger partial charge in [-0.15, -0.1) is 0 Å². The second-order valence-corrected chi connectivity index (χ2v) is 6.32. The molecule has 3 aromatic rings. The fourth-order valence-corrected chi connectivity index (χ4v) is 2.97. The highest BCUT2D eigenvalue weighted by Crippen LogP contribution is 2.32. The summed E-state index contributed by atoms with van der Waals surface area (Å²) in [6, 6.07) is 17.3. The van der Waals surface area contributed by atoms with E-state index in [2.05, 4.69) is 26.5 Å². The second kappa shape index (κ2) is 8.41. The SMILES string of the molecule is O=C(COc1ccc2ccccc2c1Br)N/N=C/c1ccc([N+](=O)[O-])cc1. The number of benzene rings is 3. The Labute approximate surface area is 162 Å². The maximum atomic E-state index is 11.9. The number of non-ortho nitro benzene ring substituents is 1. The number of nitrogens with zero attached hydrogens (tertiary/aromatic N) is 2. The lowest BCUT2D eigenvalue weighted by Gasteiger charge is -2.09. The number of fused-ring (bicyclic) bond motifs is 1. The zero-order valence-corrected chi connectivity index (χ0v) is 15.5. The summed E-state index contributed by atoms with van der Waals surface area (Å²) in [5.41, 5.74) is 2.97. The van der Waals surface area contributed by atoms with Gasteiger partial charge in [0.15, 0.2) is 6.61 Å². The summed E-state index contributed by atoms with van der Waals surface area (Å²) in [5, 5.41) is 16.5.